The zero-order chi connectivity index (χ0) is 12.8. The fraction of sp³-hybridized carbons (Fsp3) is 0.714. The van der Waals surface area contributed by atoms with Gasteiger partial charge < -0.3 is 5.32 Å². The van der Waals surface area contributed by atoms with Crippen LogP contribution in [0.5, 0.6) is 0 Å². The van der Waals surface area contributed by atoms with Crippen molar-refractivity contribution in [3.05, 3.63) is 18.1 Å². The van der Waals surface area contributed by atoms with Crippen molar-refractivity contribution in [2.45, 2.75) is 52.1 Å². The average molecular weight is 248 g/mol. The zero-order valence-electron chi connectivity index (χ0n) is 11.5. The van der Waals surface area contributed by atoms with E-state index in [0.29, 0.717) is 0 Å². The van der Waals surface area contributed by atoms with E-state index in [0.717, 1.165) is 37.2 Å². The summed E-state index contributed by atoms with van der Waals surface area (Å²) in [5.41, 5.74) is 1.07. The predicted octanol–water partition coefficient (Wildman–Crippen LogP) is 2.67. The lowest BCUT2D eigenvalue weighted by molar-refractivity contribution is 0.198. The van der Waals surface area contributed by atoms with Gasteiger partial charge >= 0.3 is 0 Å². The van der Waals surface area contributed by atoms with Crippen LogP contribution in [0, 0.1) is 0 Å². The van der Waals surface area contributed by atoms with Crippen LogP contribution in [0.15, 0.2) is 12.4 Å². The first-order chi connectivity index (χ1) is 8.83. The molecule has 0 saturated heterocycles. The molecule has 0 atom stereocenters. The second kappa shape index (κ2) is 6.69. The molecule has 0 amide bonds. The summed E-state index contributed by atoms with van der Waals surface area (Å²) in [6.07, 6.45) is 9.18. The number of aromatic nitrogens is 2. The molecule has 0 unspecified atom stereocenters. The first-order valence-electron chi connectivity index (χ1n) is 7.12. The van der Waals surface area contributed by atoms with Crippen LogP contribution in [-0.2, 0) is 6.54 Å². The number of hydrogen-bond acceptors (Lipinski definition) is 4. The molecule has 1 N–H and O–H groups in total. The molecule has 1 aromatic rings. The highest BCUT2D eigenvalue weighted by Gasteiger charge is 2.21. The molecule has 1 fully saturated rings. The van der Waals surface area contributed by atoms with E-state index in [1.807, 2.05) is 12.4 Å². The lowest BCUT2D eigenvalue weighted by Crippen LogP contribution is -2.32. The molecule has 18 heavy (non-hydrogen) atoms. The van der Waals surface area contributed by atoms with Gasteiger partial charge in [0.05, 0.1) is 18.1 Å². The van der Waals surface area contributed by atoms with Gasteiger partial charge in [-0.25, -0.2) is 4.98 Å². The van der Waals surface area contributed by atoms with Gasteiger partial charge in [-0.15, -0.1) is 0 Å². The van der Waals surface area contributed by atoms with Gasteiger partial charge in [0.2, 0.25) is 0 Å². The molecule has 1 aliphatic carbocycles. The molecular formula is C14H24N4. The Morgan fingerprint density at radius 1 is 1.22 bits per heavy atom. The molecule has 100 valence electrons. The maximum absolute atomic E-state index is 4.49. The van der Waals surface area contributed by atoms with E-state index in [1.54, 1.807) is 0 Å². The second-order valence-corrected chi connectivity index (χ2v) is 4.92. The standard InChI is InChI=1S/C14H24N4/c1-3-15-14-10-16-12(9-17-14)11-18(4-2)13-7-5-6-8-13/h9-10,13H,3-8,11H2,1-2H3,(H,15,17). The Morgan fingerprint density at radius 2 is 2.00 bits per heavy atom. The first kappa shape index (κ1) is 13.3. The summed E-state index contributed by atoms with van der Waals surface area (Å²) in [6, 6.07) is 0.755. The van der Waals surface area contributed by atoms with E-state index in [1.165, 1.54) is 25.7 Å². The molecule has 2 rings (SSSR count). The van der Waals surface area contributed by atoms with Gasteiger partial charge in [-0.05, 0) is 26.3 Å². The molecule has 1 aromatic heterocycles. The lowest BCUT2D eigenvalue weighted by atomic mass is 10.2. The van der Waals surface area contributed by atoms with Crippen LogP contribution in [0.1, 0.15) is 45.2 Å². The fourth-order valence-electron chi connectivity index (χ4n) is 2.69. The van der Waals surface area contributed by atoms with Crippen molar-refractivity contribution in [1.29, 1.82) is 0 Å². The van der Waals surface area contributed by atoms with Gasteiger partial charge in [0, 0.05) is 19.1 Å². The van der Waals surface area contributed by atoms with E-state index in [-0.39, 0.29) is 0 Å². The topological polar surface area (TPSA) is 41.1 Å². The Labute approximate surface area is 110 Å². The molecule has 4 nitrogen and oxygen atoms in total. The molecule has 1 saturated carbocycles. The van der Waals surface area contributed by atoms with Crippen molar-refractivity contribution < 1.29 is 0 Å². The van der Waals surface area contributed by atoms with Crippen LogP contribution in [0.25, 0.3) is 0 Å². The number of anilines is 1. The van der Waals surface area contributed by atoms with E-state index >= 15 is 0 Å². The predicted molar refractivity (Wildman–Crippen MR) is 74.5 cm³/mol. The summed E-state index contributed by atoms with van der Waals surface area (Å²) in [5.74, 6) is 0.866. The Kier molecular flexibility index (Phi) is 4.93. The van der Waals surface area contributed by atoms with Crippen molar-refractivity contribution in [3.8, 4) is 0 Å². The van der Waals surface area contributed by atoms with E-state index in [9.17, 15) is 0 Å². The Balaban J connectivity index is 1.93. The highest BCUT2D eigenvalue weighted by molar-refractivity contribution is 5.30. The molecule has 0 spiro atoms. The molecule has 0 bridgehead atoms. The smallest absolute Gasteiger partial charge is 0.144 e. The molecule has 1 aliphatic rings. The Morgan fingerprint density at radius 3 is 2.56 bits per heavy atom. The molecule has 0 aliphatic heterocycles. The largest absolute Gasteiger partial charge is 0.369 e. The second-order valence-electron chi connectivity index (χ2n) is 4.92. The van der Waals surface area contributed by atoms with Crippen molar-refractivity contribution in [3.63, 3.8) is 0 Å². The van der Waals surface area contributed by atoms with Crippen LogP contribution in [0.3, 0.4) is 0 Å². The van der Waals surface area contributed by atoms with Gasteiger partial charge in [-0.3, -0.25) is 9.88 Å². The third-order valence-electron chi connectivity index (χ3n) is 3.68. The average Bonchev–Trinajstić information content (AvgIpc) is 2.92. The van der Waals surface area contributed by atoms with Gasteiger partial charge in [-0.2, -0.15) is 0 Å². The molecule has 4 heteroatoms. The number of rotatable bonds is 6. The van der Waals surface area contributed by atoms with E-state index in [4.69, 9.17) is 0 Å². The van der Waals surface area contributed by atoms with Crippen LogP contribution >= 0.6 is 0 Å². The summed E-state index contributed by atoms with van der Waals surface area (Å²) >= 11 is 0. The van der Waals surface area contributed by atoms with Crippen LogP contribution in [-0.4, -0.2) is 34.0 Å². The zero-order valence-corrected chi connectivity index (χ0v) is 11.5. The summed E-state index contributed by atoms with van der Waals surface area (Å²) in [4.78, 5) is 11.4. The maximum atomic E-state index is 4.49. The van der Waals surface area contributed by atoms with Gasteiger partial charge in [0.25, 0.3) is 0 Å². The Hall–Kier alpha value is -1.16. The SMILES string of the molecule is CCNc1cnc(CN(CC)C2CCCC2)cn1. The summed E-state index contributed by atoms with van der Waals surface area (Å²) in [6.45, 7) is 7.21. The summed E-state index contributed by atoms with van der Waals surface area (Å²) in [5, 5.41) is 3.17. The van der Waals surface area contributed by atoms with Crippen LogP contribution in [0.2, 0.25) is 0 Å². The summed E-state index contributed by atoms with van der Waals surface area (Å²) in [7, 11) is 0. The minimum Gasteiger partial charge on any atom is -0.369 e. The van der Waals surface area contributed by atoms with Crippen molar-refractivity contribution in [2.24, 2.45) is 0 Å². The highest BCUT2D eigenvalue weighted by Crippen LogP contribution is 2.24. The molecular weight excluding hydrogens is 224 g/mol. The molecule has 0 radical (unpaired) electrons. The van der Waals surface area contributed by atoms with Crippen molar-refractivity contribution >= 4 is 5.82 Å². The number of nitrogens with one attached hydrogen (secondary N) is 1. The number of hydrogen-bond donors (Lipinski definition) is 1. The number of nitrogens with zero attached hydrogens (tertiary/aromatic N) is 3. The van der Waals surface area contributed by atoms with Crippen molar-refractivity contribution in [1.82, 2.24) is 14.9 Å². The normalized spacial score (nSPS) is 16.4. The minimum atomic E-state index is 0.755. The lowest BCUT2D eigenvalue weighted by Gasteiger charge is -2.26. The minimum absolute atomic E-state index is 0.755. The van der Waals surface area contributed by atoms with Gasteiger partial charge in [0.1, 0.15) is 5.82 Å². The van der Waals surface area contributed by atoms with Crippen molar-refractivity contribution in [2.75, 3.05) is 18.4 Å². The fourth-order valence-corrected chi connectivity index (χ4v) is 2.69. The molecule has 1 heterocycles. The quantitative estimate of drug-likeness (QED) is 0.840. The maximum Gasteiger partial charge on any atom is 0.144 e. The van der Waals surface area contributed by atoms with Gasteiger partial charge in [-0.1, -0.05) is 19.8 Å². The monoisotopic (exact) mass is 248 g/mol. The van der Waals surface area contributed by atoms with E-state index < -0.39 is 0 Å². The van der Waals surface area contributed by atoms with Crippen LogP contribution < -0.4 is 5.32 Å². The third kappa shape index (κ3) is 3.42. The van der Waals surface area contributed by atoms with E-state index in [2.05, 4.69) is 34.0 Å². The van der Waals surface area contributed by atoms with Gasteiger partial charge in [0.15, 0.2) is 0 Å². The first-order valence-corrected chi connectivity index (χ1v) is 7.12. The van der Waals surface area contributed by atoms with Crippen LogP contribution in [0.4, 0.5) is 5.82 Å². The third-order valence-corrected chi connectivity index (χ3v) is 3.68. The molecule has 0 aromatic carbocycles. The highest BCUT2D eigenvalue weighted by atomic mass is 15.2. The Bertz CT molecular complexity index is 343. The summed E-state index contributed by atoms with van der Waals surface area (Å²) < 4.78 is 0.